The molecule has 2 aromatic heterocycles. The second kappa shape index (κ2) is 5.88. The van der Waals surface area contributed by atoms with E-state index in [0.717, 1.165) is 30.4 Å². The van der Waals surface area contributed by atoms with E-state index < -0.39 is 0 Å². The highest BCUT2D eigenvalue weighted by molar-refractivity contribution is 9.10. The maximum Gasteiger partial charge on any atom is 0.232 e. The second-order valence-corrected chi connectivity index (χ2v) is 5.82. The number of nitrogens with zero attached hydrogens (tertiary/aromatic N) is 5. The summed E-state index contributed by atoms with van der Waals surface area (Å²) in [4.78, 5) is 10.9. The molecule has 1 saturated heterocycles. The van der Waals surface area contributed by atoms with E-state index in [1.165, 1.54) is 0 Å². The predicted molar refractivity (Wildman–Crippen MR) is 83.4 cm³/mol. The molecule has 1 aliphatic rings. The standard InChI is InChI=1S/C13H17BrN6O/c1-21-12-10(14)8-16-13(17-12)19-5-2-9(3-6-19)20-7-4-11(15)18-20/h4,7-9H,2-3,5-6H2,1H3,(H2,15,18). The van der Waals surface area contributed by atoms with Crippen molar-refractivity contribution in [1.82, 2.24) is 19.7 Å². The van der Waals surface area contributed by atoms with E-state index in [0.29, 0.717) is 23.7 Å². The van der Waals surface area contributed by atoms with E-state index >= 15 is 0 Å². The molecule has 0 spiro atoms. The van der Waals surface area contributed by atoms with Gasteiger partial charge in [0.2, 0.25) is 11.8 Å². The van der Waals surface area contributed by atoms with Crippen LogP contribution in [0.25, 0.3) is 0 Å². The molecule has 21 heavy (non-hydrogen) atoms. The molecule has 0 aliphatic carbocycles. The third-order valence-electron chi connectivity index (χ3n) is 3.64. The van der Waals surface area contributed by atoms with Crippen LogP contribution in [0.5, 0.6) is 5.88 Å². The largest absolute Gasteiger partial charge is 0.480 e. The highest BCUT2D eigenvalue weighted by atomic mass is 79.9. The fraction of sp³-hybridized carbons (Fsp3) is 0.462. The quantitative estimate of drug-likeness (QED) is 0.907. The Morgan fingerprint density at radius 1 is 1.38 bits per heavy atom. The number of rotatable bonds is 3. The van der Waals surface area contributed by atoms with Crippen LogP contribution in [-0.4, -0.2) is 39.9 Å². The lowest BCUT2D eigenvalue weighted by Gasteiger charge is -2.32. The van der Waals surface area contributed by atoms with Crippen LogP contribution in [0.3, 0.4) is 0 Å². The molecular weight excluding hydrogens is 336 g/mol. The number of aromatic nitrogens is 4. The smallest absolute Gasteiger partial charge is 0.232 e. The summed E-state index contributed by atoms with van der Waals surface area (Å²) in [6, 6.07) is 2.21. The molecule has 112 valence electrons. The van der Waals surface area contributed by atoms with Gasteiger partial charge in [-0.25, -0.2) is 4.98 Å². The Morgan fingerprint density at radius 3 is 2.76 bits per heavy atom. The third-order valence-corrected chi connectivity index (χ3v) is 4.19. The molecule has 0 aromatic carbocycles. The van der Waals surface area contributed by atoms with Crippen molar-refractivity contribution in [2.45, 2.75) is 18.9 Å². The molecular formula is C13H17BrN6O. The molecule has 2 aromatic rings. The van der Waals surface area contributed by atoms with Gasteiger partial charge in [-0.1, -0.05) is 0 Å². The summed E-state index contributed by atoms with van der Waals surface area (Å²) in [6.07, 6.45) is 5.64. The Bertz CT molecular complexity index is 623. The second-order valence-electron chi connectivity index (χ2n) is 4.97. The maximum absolute atomic E-state index is 5.67. The summed E-state index contributed by atoms with van der Waals surface area (Å²) in [5.41, 5.74) is 5.67. The Hall–Kier alpha value is -1.83. The van der Waals surface area contributed by atoms with Crippen LogP contribution in [0.2, 0.25) is 0 Å². The number of anilines is 2. The van der Waals surface area contributed by atoms with Crippen molar-refractivity contribution in [1.29, 1.82) is 0 Å². The molecule has 1 fully saturated rings. The molecule has 0 radical (unpaired) electrons. The van der Waals surface area contributed by atoms with Crippen LogP contribution in [0.1, 0.15) is 18.9 Å². The highest BCUT2D eigenvalue weighted by Gasteiger charge is 2.23. The van der Waals surface area contributed by atoms with Crippen LogP contribution >= 0.6 is 15.9 Å². The van der Waals surface area contributed by atoms with E-state index in [1.807, 2.05) is 16.9 Å². The third kappa shape index (κ3) is 2.94. The average Bonchev–Trinajstić information content (AvgIpc) is 2.94. The summed E-state index contributed by atoms with van der Waals surface area (Å²) in [6.45, 7) is 1.77. The van der Waals surface area contributed by atoms with Gasteiger partial charge in [0.15, 0.2) is 0 Å². The molecule has 3 rings (SSSR count). The minimum Gasteiger partial charge on any atom is -0.480 e. The van der Waals surface area contributed by atoms with Crippen molar-refractivity contribution >= 4 is 27.7 Å². The first-order valence-electron chi connectivity index (χ1n) is 6.79. The Labute approximate surface area is 131 Å². The molecule has 2 N–H and O–H groups in total. The minimum atomic E-state index is 0.385. The number of hydrogen-bond acceptors (Lipinski definition) is 6. The van der Waals surface area contributed by atoms with Crippen molar-refractivity contribution in [2.75, 3.05) is 30.8 Å². The molecule has 0 saturated carbocycles. The number of ether oxygens (including phenoxy) is 1. The Kier molecular flexibility index (Phi) is 3.96. The molecule has 7 nitrogen and oxygen atoms in total. The zero-order chi connectivity index (χ0) is 14.8. The van der Waals surface area contributed by atoms with Gasteiger partial charge in [-0.15, -0.1) is 0 Å². The number of nitrogen functional groups attached to an aromatic ring is 1. The maximum atomic E-state index is 5.67. The average molecular weight is 353 g/mol. The van der Waals surface area contributed by atoms with E-state index in [4.69, 9.17) is 10.5 Å². The van der Waals surface area contributed by atoms with Gasteiger partial charge in [-0.3, -0.25) is 4.68 Å². The molecule has 0 atom stereocenters. The topological polar surface area (TPSA) is 82.1 Å². The summed E-state index contributed by atoms with van der Waals surface area (Å²) in [5, 5.41) is 4.29. The molecule has 8 heteroatoms. The fourth-order valence-corrected chi connectivity index (χ4v) is 2.88. The lowest BCUT2D eigenvalue weighted by molar-refractivity contribution is 0.362. The first-order chi connectivity index (χ1) is 10.2. The monoisotopic (exact) mass is 352 g/mol. The first kappa shape index (κ1) is 14.1. The van der Waals surface area contributed by atoms with Crippen LogP contribution in [0, 0.1) is 0 Å². The number of piperidine rings is 1. The van der Waals surface area contributed by atoms with E-state index in [2.05, 4.69) is 35.9 Å². The lowest BCUT2D eigenvalue weighted by Crippen LogP contribution is -2.36. The van der Waals surface area contributed by atoms with Gasteiger partial charge in [0.1, 0.15) is 5.82 Å². The van der Waals surface area contributed by atoms with Gasteiger partial charge in [0.25, 0.3) is 0 Å². The summed E-state index contributed by atoms with van der Waals surface area (Å²) in [5.74, 6) is 1.83. The number of methoxy groups -OCH3 is 1. The molecule has 1 aliphatic heterocycles. The minimum absolute atomic E-state index is 0.385. The summed E-state index contributed by atoms with van der Waals surface area (Å²) >= 11 is 3.37. The number of nitrogens with two attached hydrogens (primary N) is 1. The first-order valence-corrected chi connectivity index (χ1v) is 7.59. The van der Waals surface area contributed by atoms with E-state index in [9.17, 15) is 0 Å². The Balaban J connectivity index is 1.68. The van der Waals surface area contributed by atoms with Crippen molar-refractivity contribution in [2.24, 2.45) is 0 Å². The van der Waals surface area contributed by atoms with E-state index in [1.54, 1.807) is 13.3 Å². The molecule has 0 unspecified atom stereocenters. The summed E-state index contributed by atoms with van der Waals surface area (Å²) in [7, 11) is 1.60. The zero-order valence-electron chi connectivity index (χ0n) is 11.7. The van der Waals surface area contributed by atoms with Gasteiger partial charge < -0.3 is 15.4 Å². The van der Waals surface area contributed by atoms with E-state index in [-0.39, 0.29) is 0 Å². The SMILES string of the molecule is COc1nc(N2CCC(n3ccc(N)n3)CC2)ncc1Br. The summed E-state index contributed by atoms with van der Waals surface area (Å²) < 4.78 is 7.93. The van der Waals surface area contributed by atoms with Crippen molar-refractivity contribution in [3.8, 4) is 5.88 Å². The van der Waals surface area contributed by atoms with Crippen LogP contribution in [0.4, 0.5) is 11.8 Å². The van der Waals surface area contributed by atoms with Crippen molar-refractivity contribution < 1.29 is 4.74 Å². The van der Waals surface area contributed by atoms with Gasteiger partial charge in [0.05, 0.1) is 23.8 Å². The van der Waals surface area contributed by atoms with Gasteiger partial charge >= 0.3 is 0 Å². The zero-order valence-corrected chi connectivity index (χ0v) is 13.3. The molecule has 0 amide bonds. The molecule has 3 heterocycles. The van der Waals surface area contributed by atoms with Crippen LogP contribution in [-0.2, 0) is 0 Å². The van der Waals surface area contributed by atoms with Gasteiger partial charge in [-0.05, 0) is 34.8 Å². The van der Waals surface area contributed by atoms with Gasteiger partial charge in [0, 0.05) is 19.3 Å². The van der Waals surface area contributed by atoms with Crippen molar-refractivity contribution in [3.05, 3.63) is 22.9 Å². The fourth-order valence-electron chi connectivity index (χ4n) is 2.52. The normalized spacial score (nSPS) is 16.2. The van der Waals surface area contributed by atoms with Crippen LogP contribution in [0.15, 0.2) is 22.9 Å². The van der Waals surface area contributed by atoms with Crippen molar-refractivity contribution in [3.63, 3.8) is 0 Å². The lowest BCUT2D eigenvalue weighted by atomic mass is 10.1. The van der Waals surface area contributed by atoms with Gasteiger partial charge in [-0.2, -0.15) is 10.1 Å². The highest BCUT2D eigenvalue weighted by Crippen LogP contribution is 2.27. The van der Waals surface area contributed by atoms with Crippen LogP contribution < -0.4 is 15.4 Å². The predicted octanol–water partition coefficient (Wildman–Crippen LogP) is 1.87. The number of halogens is 1. The molecule has 0 bridgehead atoms. The number of hydrogen-bond donors (Lipinski definition) is 1. The Morgan fingerprint density at radius 2 is 2.14 bits per heavy atom.